The Morgan fingerprint density at radius 2 is 0.722 bits per heavy atom. The summed E-state index contributed by atoms with van der Waals surface area (Å²) >= 11 is 0.496. The van der Waals surface area contributed by atoms with E-state index in [4.69, 9.17) is 0 Å². The summed E-state index contributed by atoms with van der Waals surface area (Å²) < 4.78 is 24.9. The van der Waals surface area contributed by atoms with E-state index in [0.717, 1.165) is 10.5 Å². The third-order valence-electron chi connectivity index (χ3n) is 4.32. The van der Waals surface area contributed by atoms with Gasteiger partial charge < -0.3 is 0 Å². The average Bonchev–Trinajstić information content (AvgIpc) is 3.59. The molecular weight excluding hydrogens is 702 g/mol. The van der Waals surface area contributed by atoms with Crippen molar-refractivity contribution in [2.75, 3.05) is 0 Å². The zero-order chi connectivity index (χ0) is 25.2. The Kier molecular flexibility index (Phi) is 20.8. The Morgan fingerprint density at radius 3 is 0.944 bits per heavy atom. The quantitative estimate of drug-likeness (QED) is 0.380. The first-order valence-electron chi connectivity index (χ1n) is 11.0. The molecule has 8 heteroatoms. The Balaban J connectivity index is 0.000000842. The van der Waals surface area contributed by atoms with E-state index in [0.29, 0.717) is 0 Å². The van der Waals surface area contributed by atoms with Crippen LogP contribution in [0.3, 0.4) is 0 Å². The molecule has 0 saturated heterocycles. The van der Waals surface area contributed by atoms with Gasteiger partial charge in [0.1, 0.15) is 0 Å². The summed E-state index contributed by atoms with van der Waals surface area (Å²) in [4.78, 5) is 2.45. The van der Waals surface area contributed by atoms with Crippen LogP contribution >= 0.6 is 0 Å². The van der Waals surface area contributed by atoms with Gasteiger partial charge in [-0.05, 0) is 64.2 Å². The number of hydrogen-bond donors (Lipinski definition) is 0. The molecule has 0 aromatic rings. The van der Waals surface area contributed by atoms with E-state index in [1.165, 1.54) is 9.63 Å². The standard InChI is InChI=1S/C18H24O2S2Se2.2C5H5.2Fe/c1-17(2,3)21(19)13-9-7-11-15(13)23-24-16-12-8-10-14(16)22(20)18(4,5)6;2*1-2-4-5-3-1;;/h7-12H,1-6H3;2*1-5H;;/q;;;2*+2/t21-,22-;;;;/m0..../s1. The zero-order valence-electron chi connectivity index (χ0n) is 21.4. The third kappa shape index (κ3) is 13.8. The predicted molar refractivity (Wildman–Crippen MR) is 149 cm³/mol. The second-order valence-corrected chi connectivity index (χ2v) is 19.9. The molecule has 2 atom stereocenters. The van der Waals surface area contributed by atoms with Gasteiger partial charge >= 0.3 is 200 Å². The maximum Gasteiger partial charge on any atom is 2.00 e. The van der Waals surface area contributed by atoms with E-state index in [2.05, 4.69) is 12.8 Å². The molecule has 0 amide bonds. The molecule has 4 fully saturated rings. The zero-order valence-corrected chi connectivity index (χ0v) is 28.7. The van der Waals surface area contributed by atoms with Crippen molar-refractivity contribution >= 4 is 47.9 Å². The van der Waals surface area contributed by atoms with Crippen LogP contribution in [0.15, 0.2) is 0 Å². The molecule has 4 aliphatic rings. The third-order valence-corrected chi connectivity index (χ3v) is 15.9. The van der Waals surface area contributed by atoms with Crippen molar-refractivity contribution in [1.29, 1.82) is 0 Å². The molecule has 0 aliphatic heterocycles. The van der Waals surface area contributed by atoms with E-state index in [9.17, 15) is 8.42 Å². The molecule has 194 valence electrons. The molecule has 0 spiro atoms. The van der Waals surface area contributed by atoms with E-state index < -0.39 is 21.6 Å². The van der Waals surface area contributed by atoms with Gasteiger partial charge in [0, 0.05) is 0 Å². The summed E-state index contributed by atoms with van der Waals surface area (Å²) in [6, 6.07) is 0. The molecule has 0 heterocycles. The van der Waals surface area contributed by atoms with E-state index in [-0.39, 0.29) is 69.9 Å². The van der Waals surface area contributed by atoms with Gasteiger partial charge in [-0.15, -0.1) is 0 Å². The first-order valence-corrected chi connectivity index (χ1v) is 19.4. The fourth-order valence-electron chi connectivity index (χ4n) is 2.61. The molecule has 0 aromatic carbocycles. The van der Waals surface area contributed by atoms with Crippen LogP contribution in [-0.4, -0.2) is 44.2 Å². The van der Waals surface area contributed by atoms with Crippen LogP contribution < -0.4 is 0 Å². The van der Waals surface area contributed by atoms with Crippen molar-refractivity contribution < 1.29 is 42.6 Å². The van der Waals surface area contributed by atoms with Gasteiger partial charge in [0.15, 0.2) is 0 Å². The summed E-state index contributed by atoms with van der Waals surface area (Å²) in [5, 5.41) is 1.96. The Morgan fingerprint density at radius 1 is 0.472 bits per heavy atom. The summed E-state index contributed by atoms with van der Waals surface area (Å²) in [6.07, 6.45) is 32.2. The topological polar surface area (TPSA) is 34.1 Å². The van der Waals surface area contributed by atoms with Gasteiger partial charge in [0.2, 0.25) is 0 Å². The molecule has 2 nitrogen and oxygen atoms in total. The number of hydrogen-bond acceptors (Lipinski definition) is 2. The monoisotopic (exact) mass is 738 g/mol. The molecule has 0 aromatic heterocycles. The van der Waals surface area contributed by atoms with Crippen LogP contribution in [0.5, 0.6) is 0 Å². The van der Waals surface area contributed by atoms with E-state index in [1.54, 1.807) is 0 Å². The fourth-order valence-corrected chi connectivity index (χ4v) is 14.2. The van der Waals surface area contributed by atoms with Crippen LogP contribution in [0.25, 0.3) is 0 Å². The molecule has 4 rings (SSSR count). The minimum absolute atomic E-state index is 0. The van der Waals surface area contributed by atoms with Crippen molar-refractivity contribution in [2.24, 2.45) is 0 Å². The van der Waals surface area contributed by atoms with E-state index in [1.807, 2.05) is 131 Å². The molecule has 0 bridgehead atoms. The average molecular weight is 736 g/mol. The fraction of sp³-hybridized carbons (Fsp3) is 0.286. The molecule has 36 heavy (non-hydrogen) atoms. The molecule has 0 unspecified atom stereocenters. The second kappa shape index (κ2) is 19.5. The molecule has 4 saturated carbocycles. The maximum absolute atomic E-state index is 12.7. The Hall–Kier alpha value is 2.38. The summed E-state index contributed by atoms with van der Waals surface area (Å²) in [7, 11) is -1.98. The smallest absolute Gasteiger partial charge is 0.0312 e. The van der Waals surface area contributed by atoms with Gasteiger partial charge in [-0.3, -0.25) is 0 Å². The van der Waals surface area contributed by atoms with Crippen LogP contribution in [0.1, 0.15) is 41.5 Å². The summed E-state index contributed by atoms with van der Waals surface area (Å²) in [6.45, 7) is 12.1. The van der Waals surface area contributed by atoms with Crippen LogP contribution in [0.4, 0.5) is 0 Å². The predicted octanol–water partition coefficient (Wildman–Crippen LogP) is 4.82. The maximum atomic E-state index is 12.7. The molecule has 4 aliphatic carbocycles. The first-order chi connectivity index (χ1) is 16.0. The first kappa shape index (κ1) is 38.4. The Bertz CT molecular complexity index is 561. The van der Waals surface area contributed by atoms with Crippen molar-refractivity contribution in [3.8, 4) is 0 Å². The normalized spacial score (nSPS) is 23.6. The van der Waals surface area contributed by atoms with E-state index >= 15 is 0 Å². The van der Waals surface area contributed by atoms with Gasteiger partial charge in [0.05, 0.1) is 0 Å². The largest absolute Gasteiger partial charge is 2.00 e. The van der Waals surface area contributed by atoms with Gasteiger partial charge in [-0.25, -0.2) is 0 Å². The van der Waals surface area contributed by atoms with Crippen molar-refractivity contribution in [2.45, 2.75) is 51.0 Å². The van der Waals surface area contributed by atoms with Crippen LogP contribution in [-0.2, 0) is 55.7 Å². The van der Waals surface area contributed by atoms with Crippen molar-refractivity contribution in [3.63, 3.8) is 0 Å². The summed E-state index contributed by atoms with van der Waals surface area (Å²) in [5.74, 6) is 0. The molecule has 20 radical (unpaired) electrons. The minimum atomic E-state index is -0.992. The van der Waals surface area contributed by atoms with Gasteiger partial charge in [0.25, 0.3) is 0 Å². The SMILES string of the molecule is CC(C)(C)[S@@](=O)[C]1[CH][CH][CH][C]1[Se][Se][C]1[CH][CH][CH][C]1[S@](=O)C(C)(C)C.[CH]1[CH][CH][CH][CH]1.[CH]1[CH][CH][CH][CH]1.[Fe+2].[Fe+2]. The van der Waals surface area contributed by atoms with Crippen LogP contribution in [0.2, 0.25) is 0 Å². The van der Waals surface area contributed by atoms with Gasteiger partial charge in [-0.1, -0.05) is 0 Å². The van der Waals surface area contributed by atoms with Crippen LogP contribution in [0, 0.1) is 123 Å². The van der Waals surface area contributed by atoms with Gasteiger partial charge in [-0.2, -0.15) is 0 Å². The molecule has 0 N–H and O–H groups in total. The van der Waals surface area contributed by atoms with Crippen molar-refractivity contribution in [1.82, 2.24) is 0 Å². The molecular formula is C28H34Fe2O2S2Se2+4. The summed E-state index contributed by atoms with van der Waals surface area (Å²) in [5.41, 5.74) is 0. The second-order valence-electron chi connectivity index (χ2n) is 9.36. The number of rotatable bonds is 5. The minimum Gasteiger partial charge on any atom is -0.0312 e. The van der Waals surface area contributed by atoms with Crippen molar-refractivity contribution in [3.05, 3.63) is 123 Å². The Labute approximate surface area is 262 Å².